The third-order valence-corrected chi connectivity index (χ3v) is 22.7. The Labute approximate surface area is 597 Å². The summed E-state index contributed by atoms with van der Waals surface area (Å²) in [6.07, 6.45) is -23.2. The van der Waals surface area contributed by atoms with Gasteiger partial charge in [0.25, 0.3) is 0 Å². The van der Waals surface area contributed by atoms with Gasteiger partial charge in [0, 0.05) is 88.5 Å². The molecule has 0 aromatic heterocycles. The van der Waals surface area contributed by atoms with E-state index in [1.165, 1.54) is 0 Å². The van der Waals surface area contributed by atoms with Gasteiger partial charge in [0.05, 0.1) is 38.6 Å². The van der Waals surface area contributed by atoms with Crippen LogP contribution >= 0.6 is 0 Å². The smallest absolute Gasteiger partial charge is 0.303 e. The standard InChI is InChI=1S/C71H102O32/c1-31-18-23-71(87-26-31)32(2)54-49(103-71)25-48-46-17-16-44-24-45(19-21-69(44,14)47(46)20-22-70(48,54)15)98-67-64(102-68-63(97-43(13)82)59(93-39(9)78)55(90-36(6)75)52(100-68)27-83-33(3)72)60(94-40(10)79)56(101-66-62(96-42(12)81)58(92-38(8)77)51(29-86-66)89-35(5)74)53(99-67)30-85-65-61(95-41(11)80)57(91-37(7)76)50(28-84-65)88-34(4)73/h31-32,44-68H,16-30H2,1-15H3/t31-,32-,44+,45-,46+,47-,48-,49-,50-,51-,52+,53+,54-,55+,56+,57-,58-,59-,60-,61+,62+,63+,64+,65-,66-,67+,68-,69-,70-,71+/m0/s1. The van der Waals surface area contributed by atoms with Crippen LogP contribution in [0.2, 0.25) is 0 Å². The van der Waals surface area contributed by atoms with Crippen LogP contribution in [-0.2, 0) is 152 Å². The molecule has 4 saturated carbocycles. The van der Waals surface area contributed by atoms with Gasteiger partial charge in [-0.15, -0.1) is 0 Å². The summed E-state index contributed by atoms with van der Waals surface area (Å²) in [6.45, 7) is 19.2. The second-order valence-electron chi connectivity index (χ2n) is 29.9. The lowest BCUT2D eigenvalue weighted by Crippen LogP contribution is -2.68. The SMILES string of the molecule is CC(=O)OC[C@H]1O[C@@H](O[C@H]2[C@H](O[C@H]3CC[C@@]4(C)[C@H](CC[C@@H]5[C@@H]4CC[C@]4(C)[C@@H]6[C@H](C[C@@H]54)O[C@]4(CC[C@H](C)CO4)[C@H]6C)C3)O[C@H](CO[C@@H]3OC[C@H](OC(C)=O)[C@H](OC(C)=O)[C@H]3OC(C)=O)[C@@H](O[C@@H]3OC[C@H](OC(C)=O)[C@H](OC(C)=O)[C@H]3OC(C)=O)[C@@H]2OC(C)=O)[C@H](OC(C)=O)[C@@H](OC(C)=O)[C@@H]1OC(C)=O. The predicted octanol–water partition coefficient (Wildman–Crippen LogP) is 4.65. The van der Waals surface area contributed by atoms with Crippen molar-refractivity contribution in [1.82, 2.24) is 0 Å². The van der Waals surface area contributed by atoms with E-state index in [9.17, 15) is 52.7 Å². The second-order valence-corrected chi connectivity index (χ2v) is 29.9. The van der Waals surface area contributed by atoms with Crippen LogP contribution in [-0.4, -0.2) is 227 Å². The Morgan fingerprint density at radius 2 is 0.864 bits per heavy atom. The van der Waals surface area contributed by atoms with Gasteiger partial charge in [0.1, 0.15) is 24.9 Å². The fourth-order valence-corrected chi connectivity index (χ4v) is 18.8. The number of hydrogen-bond donors (Lipinski definition) is 0. The quantitative estimate of drug-likeness (QED) is 0.0857. The normalized spacial score (nSPS) is 42.5. The van der Waals surface area contributed by atoms with Gasteiger partial charge in [-0.2, -0.15) is 0 Å². The molecule has 0 aromatic carbocycles. The molecule has 10 rings (SSSR count). The van der Waals surface area contributed by atoms with E-state index in [4.69, 9.17) is 99.5 Å². The highest BCUT2D eigenvalue weighted by molar-refractivity contribution is 5.71. The summed E-state index contributed by atoms with van der Waals surface area (Å²) in [5.74, 6) is -8.17. The zero-order valence-corrected chi connectivity index (χ0v) is 61.3. The molecule has 6 saturated heterocycles. The van der Waals surface area contributed by atoms with Crippen molar-refractivity contribution in [1.29, 1.82) is 0 Å². The highest BCUT2D eigenvalue weighted by atomic mass is 16.8. The Balaban J connectivity index is 1.05. The predicted molar refractivity (Wildman–Crippen MR) is 341 cm³/mol. The average Bonchev–Trinajstić information content (AvgIpc) is 1.55. The zero-order chi connectivity index (χ0) is 74.9. The van der Waals surface area contributed by atoms with E-state index in [1.54, 1.807) is 0 Å². The van der Waals surface area contributed by atoms with Crippen LogP contribution in [0.15, 0.2) is 0 Å². The zero-order valence-electron chi connectivity index (χ0n) is 61.3. The Hall–Kier alpha value is -6.23. The topological polar surface area (TPSA) is 382 Å². The van der Waals surface area contributed by atoms with Crippen molar-refractivity contribution in [2.24, 2.45) is 52.3 Å². The van der Waals surface area contributed by atoms with Gasteiger partial charge in [0.2, 0.25) is 0 Å². The molecule has 10 aliphatic rings. The largest absolute Gasteiger partial charge is 0.463 e. The van der Waals surface area contributed by atoms with Crippen LogP contribution in [0.4, 0.5) is 0 Å². The minimum atomic E-state index is -2.01. The van der Waals surface area contributed by atoms with E-state index in [0.717, 1.165) is 121 Å². The Morgan fingerprint density at radius 3 is 1.40 bits per heavy atom. The summed E-state index contributed by atoms with van der Waals surface area (Å²) < 4.78 is 130. The van der Waals surface area contributed by atoms with Crippen molar-refractivity contribution in [2.45, 2.75) is 297 Å². The number of hydrogen-bond acceptors (Lipinski definition) is 32. The van der Waals surface area contributed by atoms with Gasteiger partial charge in [0.15, 0.2) is 98.1 Å². The molecule has 32 heteroatoms. The first kappa shape index (κ1) is 79.3. The second kappa shape index (κ2) is 32.9. The monoisotopic (exact) mass is 1470 g/mol. The van der Waals surface area contributed by atoms with Crippen molar-refractivity contribution in [3.63, 3.8) is 0 Å². The van der Waals surface area contributed by atoms with Gasteiger partial charge < -0.3 is 99.5 Å². The van der Waals surface area contributed by atoms with E-state index in [2.05, 4.69) is 27.7 Å². The fourth-order valence-electron chi connectivity index (χ4n) is 18.8. The highest BCUT2D eigenvalue weighted by Gasteiger charge is 2.70. The molecule has 0 radical (unpaired) electrons. The Kier molecular flexibility index (Phi) is 25.3. The minimum absolute atomic E-state index is 0.0521. The summed E-state index contributed by atoms with van der Waals surface area (Å²) >= 11 is 0. The summed E-state index contributed by atoms with van der Waals surface area (Å²) in [7, 11) is 0. The molecule has 578 valence electrons. The number of carbonyl (C=O) groups excluding carboxylic acids is 11. The van der Waals surface area contributed by atoms with Crippen molar-refractivity contribution in [2.75, 3.05) is 33.0 Å². The molecular weight excluding hydrogens is 1360 g/mol. The lowest BCUT2D eigenvalue weighted by molar-refractivity contribution is -0.392. The molecule has 0 aromatic rings. The summed E-state index contributed by atoms with van der Waals surface area (Å²) in [5.41, 5.74) is -0.101. The molecule has 4 aliphatic carbocycles. The first-order valence-electron chi connectivity index (χ1n) is 35.9. The Morgan fingerprint density at radius 1 is 0.398 bits per heavy atom. The average molecular weight is 1470 g/mol. The van der Waals surface area contributed by atoms with E-state index < -0.39 is 215 Å². The molecule has 6 heterocycles. The van der Waals surface area contributed by atoms with E-state index in [-0.39, 0.29) is 28.8 Å². The van der Waals surface area contributed by atoms with Crippen molar-refractivity contribution < 1.29 is 152 Å². The molecule has 103 heavy (non-hydrogen) atoms. The maximum Gasteiger partial charge on any atom is 0.303 e. The number of esters is 11. The molecule has 30 atom stereocenters. The first-order chi connectivity index (χ1) is 48.6. The van der Waals surface area contributed by atoms with Gasteiger partial charge in [-0.3, -0.25) is 52.7 Å². The number of rotatable bonds is 21. The summed E-state index contributed by atoms with van der Waals surface area (Å²) in [5, 5.41) is 0. The lowest BCUT2D eigenvalue weighted by Gasteiger charge is -2.61. The van der Waals surface area contributed by atoms with Crippen LogP contribution in [0.3, 0.4) is 0 Å². The molecule has 6 aliphatic heterocycles. The van der Waals surface area contributed by atoms with E-state index in [0.29, 0.717) is 55.5 Å². The number of fused-ring (bicyclic) bond motifs is 7. The Bertz CT molecular complexity index is 3110. The fraction of sp³-hybridized carbons (Fsp3) is 0.845. The first-order valence-corrected chi connectivity index (χ1v) is 35.9. The van der Waals surface area contributed by atoms with Crippen LogP contribution in [0.1, 0.15) is 168 Å². The molecule has 1 spiro atoms. The van der Waals surface area contributed by atoms with Gasteiger partial charge in [-0.1, -0.05) is 27.7 Å². The van der Waals surface area contributed by atoms with Crippen LogP contribution < -0.4 is 0 Å². The lowest BCUT2D eigenvalue weighted by atomic mass is 9.44. The van der Waals surface area contributed by atoms with Crippen molar-refractivity contribution >= 4 is 65.7 Å². The van der Waals surface area contributed by atoms with Crippen molar-refractivity contribution in [3.8, 4) is 0 Å². The number of ether oxygens (including phenoxy) is 21. The third-order valence-electron chi connectivity index (χ3n) is 22.7. The maximum atomic E-state index is 14.1. The summed E-state index contributed by atoms with van der Waals surface area (Å²) in [6, 6.07) is 0. The summed E-state index contributed by atoms with van der Waals surface area (Å²) in [4.78, 5) is 143. The minimum Gasteiger partial charge on any atom is -0.463 e. The molecule has 0 N–H and O–H groups in total. The molecule has 32 nitrogen and oxygen atoms in total. The van der Waals surface area contributed by atoms with Gasteiger partial charge >= 0.3 is 65.7 Å². The molecule has 0 bridgehead atoms. The van der Waals surface area contributed by atoms with Gasteiger partial charge in [-0.05, 0) is 104 Å². The maximum absolute atomic E-state index is 14.1. The molecule has 0 amide bonds. The highest BCUT2D eigenvalue weighted by Crippen LogP contribution is 2.71. The molecule has 10 fully saturated rings. The van der Waals surface area contributed by atoms with Crippen LogP contribution in [0, 0.1) is 52.3 Å². The van der Waals surface area contributed by atoms with E-state index >= 15 is 0 Å². The van der Waals surface area contributed by atoms with Crippen LogP contribution in [0.25, 0.3) is 0 Å². The number of carbonyl (C=O) groups is 11. The molecular formula is C71H102O32. The molecule has 0 unspecified atom stereocenters. The van der Waals surface area contributed by atoms with Crippen LogP contribution in [0.5, 0.6) is 0 Å². The van der Waals surface area contributed by atoms with Gasteiger partial charge in [-0.25, -0.2) is 0 Å². The van der Waals surface area contributed by atoms with Crippen molar-refractivity contribution in [3.05, 3.63) is 0 Å². The van der Waals surface area contributed by atoms with E-state index in [1.807, 2.05) is 0 Å². The third kappa shape index (κ3) is 17.8.